The number of hydrogen-bond acceptors (Lipinski definition) is 4. The highest BCUT2D eigenvalue weighted by molar-refractivity contribution is 5.91. The Labute approximate surface area is 176 Å². The number of anilines is 2. The van der Waals surface area contributed by atoms with Crippen molar-refractivity contribution in [2.75, 3.05) is 43.4 Å². The maximum atomic E-state index is 12.6. The summed E-state index contributed by atoms with van der Waals surface area (Å²) in [5, 5.41) is 3.00. The minimum absolute atomic E-state index is 0.0923. The normalized spacial score (nSPS) is 15.0. The van der Waals surface area contributed by atoms with E-state index in [-0.39, 0.29) is 18.0 Å². The van der Waals surface area contributed by atoms with E-state index in [4.69, 9.17) is 0 Å². The van der Waals surface area contributed by atoms with Crippen LogP contribution < -0.4 is 15.9 Å². The lowest BCUT2D eigenvalue weighted by Gasteiger charge is -2.34. The lowest BCUT2D eigenvalue weighted by Crippen LogP contribution is -2.44. The number of carbonyl (C=O) groups is 1. The van der Waals surface area contributed by atoms with Gasteiger partial charge in [-0.05, 0) is 49.9 Å². The fraction of sp³-hybridized carbons (Fsp3) is 0.391. The number of fused-ring (bicyclic) bond motifs is 1. The molecule has 7 nitrogen and oxygen atoms in total. The standard InChI is InChI=1S/C23H29N5O2/c1-17-16-18(27-14-12-25(2)13-15-27)8-9-19(17)24-22(29)10-11-28-21-7-5-4-6-20(21)26(3)23(28)30/h4-9,16H,10-15H2,1-3H3,(H,24,29). The summed E-state index contributed by atoms with van der Waals surface area (Å²) in [4.78, 5) is 29.8. The van der Waals surface area contributed by atoms with Crippen molar-refractivity contribution in [2.24, 2.45) is 7.05 Å². The van der Waals surface area contributed by atoms with E-state index in [9.17, 15) is 9.59 Å². The number of nitrogens with one attached hydrogen (secondary N) is 1. The third-order valence-corrected chi connectivity index (χ3v) is 5.97. The van der Waals surface area contributed by atoms with Crippen molar-refractivity contribution in [2.45, 2.75) is 19.9 Å². The molecule has 1 aliphatic rings. The van der Waals surface area contributed by atoms with Crippen molar-refractivity contribution in [3.63, 3.8) is 0 Å². The number of para-hydroxylation sites is 2. The van der Waals surface area contributed by atoms with E-state index in [1.807, 2.05) is 37.3 Å². The van der Waals surface area contributed by atoms with Crippen LogP contribution in [0.1, 0.15) is 12.0 Å². The smallest absolute Gasteiger partial charge is 0.328 e. The van der Waals surface area contributed by atoms with Crippen LogP contribution >= 0.6 is 0 Å². The van der Waals surface area contributed by atoms with Gasteiger partial charge in [-0.2, -0.15) is 0 Å². The second kappa shape index (κ2) is 8.36. The lowest BCUT2D eigenvalue weighted by atomic mass is 10.1. The Morgan fingerprint density at radius 2 is 1.70 bits per heavy atom. The Morgan fingerprint density at radius 1 is 1.00 bits per heavy atom. The van der Waals surface area contributed by atoms with Crippen LogP contribution in [0, 0.1) is 6.92 Å². The first-order valence-corrected chi connectivity index (χ1v) is 10.4. The zero-order chi connectivity index (χ0) is 21.3. The quantitative estimate of drug-likeness (QED) is 0.706. The molecule has 1 saturated heterocycles. The van der Waals surface area contributed by atoms with E-state index in [0.29, 0.717) is 6.54 Å². The lowest BCUT2D eigenvalue weighted by molar-refractivity contribution is -0.116. The molecule has 4 rings (SSSR count). The predicted molar refractivity (Wildman–Crippen MR) is 121 cm³/mol. The Bertz CT molecular complexity index is 1120. The predicted octanol–water partition coefficient (Wildman–Crippen LogP) is 2.43. The molecule has 1 aromatic heterocycles. The summed E-state index contributed by atoms with van der Waals surface area (Å²) in [6.07, 6.45) is 0.244. The van der Waals surface area contributed by atoms with Crippen LogP contribution in [-0.4, -0.2) is 53.2 Å². The number of hydrogen-bond donors (Lipinski definition) is 1. The zero-order valence-corrected chi connectivity index (χ0v) is 17.9. The first-order chi connectivity index (χ1) is 14.4. The molecular weight excluding hydrogens is 378 g/mol. The average molecular weight is 408 g/mol. The van der Waals surface area contributed by atoms with Gasteiger partial charge in [0.05, 0.1) is 11.0 Å². The monoisotopic (exact) mass is 407 g/mol. The molecule has 1 amide bonds. The molecule has 1 N–H and O–H groups in total. The average Bonchev–Trinajstić information content (AvgIpc) is 2.99. The van der Waals surface area contributed by atoms with Gasteiger partial charge in [-0.3, -0.25) is 13.9 Å². The van der Waals surface area contributed by atoms with Crippen molar-refractivity contribution >= 4 is 28.3 Å². The number of aromatic nitrogens is 2. The first kappa shape index (κ1) is 20.2. The largest absolute Gasteiger partial charge is 0.369 e. The van der Waals surface area contributed by atoms with Gasteiger partial charge < -0.3 is 15.1 Å². The Hall–Kier alpha value is -3.06. The van der Waals surface area contributed by atoms with Crippen LogP contribution in [0.3, 0.4) is 0 Å². The second-order valence-electron chi connectivity index (χ2n) is 8.07. The summed E-state index contributed by atoms with van der Waals surface area (Å²) in [6.45, 7) is 6.52. The summed E-state index contributed by atoms with van der Waals surface area (Å²) in [5.41, 5.74) is 4.69. The maximum Gasteiger partial charge on any atom is 0.328 e. The molecule has 0 spiro atoms. The Kier molecular flexibility index (Phi) is 5.63. The van der Waals surface area contributed by atoms with Crippen LogP contribution in [-0.2, 0) is 18.4 Å². The first-order valence-electron chi connectivity index (χ1n) is 10.4. The van der Waals surface area contributed by atoms with Crippen LogP contribution in [0.2, 0.25) is 0 Å². The van der Waals surface area contributed by atoms with Crippen molar-refractivity contribution in [3.8, 4) is 0 Å². The number of nitrogens with zero attached hydrogens (tertiary/aromatic N) is 4. The summed E-state index contributed by atoms with van der Waals surface area (Å²) in [5.74, 6) is -0.0923. The molecule has 1 aliphatic heterocycles. The van der Waals surface area contributed by atoms with E-state index in [0.717, 1.165) is 48.5 Å². The number of carbonyl (C=O) groups excluding carboxylic acids is 1. The van der Waals surface area contributed by atoms with Gasteiger partial charge in [-0.1, -0.05) is 12.1 Å². The molecule has 158 valence electrons. The van der Waals surface area contributed by atoms with Gasteiger partial charge in [0.15, 0.2) is 0 Å². The number of imidazole rings is 1. The van der Waals surface area contributed by atoms with Crippen molar-refractivity contribution in [1.29, 1.82) is 0 Å². The third kappa shape index (κ3) is 3.98. The Morgan fingerprint density at radius 3 is 2.40 bits per heavy atom. The zero-order valence-electron chi connectivity index (χ0n) is 17.9. The molecule has 0 bridgehead atoms. The van der Waals surface area contributed by atoms with Crippen LogP contribution in [0.15, 0.2) is 47.3 Å². The van der Waals surface area contributed by atoms with E-state index >= 15 is 0 Å². The molecule has 7 heteroatoms. The minimum Gasteiger partial charge on any atom is -0.369 e. The molecule has 0 saturated carbocycles. The number of piperazine rings is 1. The maximum absolute atomic E-state index is 12.6. The fourth-order valence-corrected chi connectivity index (χ4v) is 4.05. The van der Waals surface area contributed by atoms with E-state index < -0.39 is 0 Å². The molecule has 2 aromatic carbocycles. The molecule has 1 fully saturated rings. The van der Waals surface area contributed by atoms with Crippen LogP contribution in [0.4, 0.5) is 11.4 Å². The number of aryl methyl sites for hydroxylation is 3. The second-order valence-corrected chi connectivity index (χ2v) is 8.07. The van der Waals surface area contributed by atoms with Gasteiger partial charge >= 0.3 is 5.69 Å². The summed E-state index contributed by atoms with van der Waals surface area (Å²) in [7, 11) is 3.90. The van der Waals surface area contributed by atoms with E-state index in [2.05, 4.69) is 34.3 Å². The molecule has 0 aliphatic carbocycles. The van der Waals surface area contributed by atoms with Crippen molar-refractivity contribution in [1.82, 2.24) is 14.0 Å². The third-order valence-electron chi connectivity index (χ3n) is 5.97. The topological polar surface area (TPSA) is 62.5 Å². The minimum atomic E-state index is -0.100. The molecule has 30 heavy (non-hydrogen) atoms. The number of rotatable bonds is 5. The molecule has 0 atom stereocenters. The highest BCUT2D eigenvalue weighted by Crippen LogP contribution is 2.24. The van der Waals surface area contributed by atoms with Crippen molar-refractivity contribution < 1.29 is 4.79 Å². The van der Waals surface area contributed by atoms with Crippen LogP contribution in [0.5, 0.6) is 0 Å². The van der Waals surface area contributed by atoms with Gasteiger partial charge in [0, 0.05) is 57.6 Å². The molecule has 0 unspecified atom stereocenters. The number of amides is 1. The summed E-state index contributed by atoms with van der Waals surface area (Å²) >= 11 is 0. The molecule has 2 heterocycles. The van der Waals surface area contributed by atoms with Crippen molar-refractivity contribution in [3.05, 3.63) is 58.5 Å². The molecule has 3 aromatic rings. The highest BCUT2D eigenvalue weighted by atomic mass is 16.2. The SMILES string of the molecule is Cc1cc(N2CCN(C)CC2)ccc1NC(=O)CCn1c(=O)n(C)c2ccccc21. The van der Waals surface area contributed by atoms with Gasteiger partial charge in [0.25, 0.3) is 0 Å². The van der Waals surface area contributed by atoms with E-state index in [1.54, 1.807) is 16.2 Å². The van der Waals surface area contributed by atoms with Gasteiger partial charge in [-0.25, -0.2) is 4.79 Å². The summed E-state index contributed by atoms with van der Waals surface area (Å²) in [6, 6.07) is 13.8. The van der Waals surface area contributed by atoms with Gasteiger partial charge in [0.1, 0.15) is 0 Å². The van der Waals surface area contributed by atoms with Gasteiger partial charge in [-0.15, -0.1) is 0 Å². The fourth-order valence-electron chi connectivity index (χ4n) is 4.05. The number of benzene rings is 2. The van der Waals surface area contributed by atoms with Gasteiger partial charge in [0.2, 0.25) is 5.91 Å². The molecular formula is C23H29N5O2. The van der Waals surface area contributed by atoms with E-state index in [1.165, 1.54) is 5.69 Å². The summed E-state index contributed by atoms with van der Waals surface area (Å²) < 4.78 is 3.28. The molecule has 0 radical (unpaired) electrons. The van der Waals surface area contributed by atoms with Crippen LogP contribution in [0.25, 0.3) is 11.0 Å². The highest BCUT2D eigenvalue weighted by Gasteiger charge is 2.16. The Balaban J connectivity index is 1.41. The number of likely N-dealkylation sites (N-methyl/N-ethyl adjacent to an activating group) is 1.